The van der Waals surface area contributed by atoms with Crippen molar-refractivity contribution in [2.75, 3.05) is 39.4 Å². The summed E-state index contributed by atoms with van der Waals surface area (Å²) < 4.78 is 7.35. The SMILES string of the molecule is CC(C)C[C@@H](C(=O)NCCCN1CCOCC1)n1cccc1. The number of ether oxygens (including phenoxy) is 1. The first-order valence-corrected chi connectivity index (χ1v) is 8.37. The van der Waals surface area contributed by atoms with Gasteiger partial charge in [-0.3, -0.25) is 9.69 Å². The van der Waals surface area contributed by atoms with Gasteiger partial charge in [0, 0.05) is 32.0 Å². The third-order valence-corrected chi connectivity index (χ3v) is 4.04. The molecule has 1 aromatic rings. The second-order valence-electron chi connectivity index (χ2n) is 6.37. The monoisotopic (exact) mass is 307 g/mol. The van der Waals surface area contributed by atoms with Crippen molar-refractivity contribution in [2.24, 2.45) is 5.92 Å². The maximum atomic E-state index is 12.5. The number of aromatic nitrogens is 1. The Morgan fingerprint density at radius 3 is 2.55 bits per heavy atom. The number of morpholine rings is 1. The summed E-state index contributed by atoms with van der Waals surface area (Å²) in [6, 6.07) is 3.84. The lowest BCUT2D eigenvalue weighted by molar-refractivity contribution is -0.124. The zero-order chi connectivity index (χ0) is 15.8. The Morgan fingerprint density at radius 2 is 1.91 bits per heavy atom. The van der Waals surface area contributed by atoms with Gasteiger partial charge in [-0.25, -0.2) is 0 Å². The standard InChI is InChI=1S/C17H29N3O2/c1-15(2)14-16(20-8-3-4-9-20)17(21)18-6-5-7-19-10-12-22-13-11-19/h3-4,8-9,15-16H,5-7,10-14H2,1-2H3,(H,18,21)/t16-/m0/s1. The van der Waals surface area contributed by atoms with Gasteiger partial charge in [-0.2, -0.15) is 0 Å². The van der Waals surface area contributed by atoms with Gasteiger partial charge in [-0.1, -0.05) is 13.8 Å². The summed E-state index contributed by atoms with van der Waals surface area (Å²) in [5.41, 5.74) is 0. The summed E-state index contributed by atoms with van der Waals surface area (Å²) in [5.74, 6) is 0.623. The predicted octanol–water partition coefficient (Wildman–Crippen LogP) is 1.91. The third-order valence-electron chi connectivity index (χ3n) is 4.04. The van der Waals surface area contributed by atoms with Crippen LogP contribution in [-0.4, -0.2) is 54.8 Å². The van der Waals surface area contributed by atoms with E-state index in [1.807, 2.05) is 29.1 Å². The number of hydrogen-bond donors (Lipinski definition) is 1. The van der Waals surface area contributed by atoms with Gasteiger partial charge in [0.25, 0.3) is 0 Å². The van der Waals surface area contributed by atoms with Gasteiger partial charge in [-0.05, 0) is 37.4 Å². The van der Waals surface area contributed by atoms with E-state index in [-0.39, 0.29) is 11.9 Å². The van der Waals surface area contributed by atoms with E-state index in [0.29, 0.717) is 5.92 Å². The van der Waals surface area contributed by atoms with Crippen molar-refractivity contribution in [3.05, 3.63) is 24.5 Å². The number of amides is 1. The number of nitrogens with one attached hydrogen (secondary N) is 1. The first-order chi connectivity index (χ1) is 10.7. The van der Waals surface area contributed by atoms with E-state index in [1.165, 1.54) is 0 Å². The number of rotatable bonds is 8. The molecule has 5 heteroatoms. The van der Waals surface area contributed by atoms with Crippen LogP contribution in [-0.2, 0) is 9.53 Å². The highest BCUT2D eigenvalue weighted by Crippen LogP contribution is 2.18. The van der Waals surface area contributed by atoms with E-state index >= 15 is 0 Å². The quantitative estimate of drug-likeness (QED) is 0.746. The van der Waals surface area contributed by atoms with Crippen LogP contribution >= 0.6 is 0 Å². The lowest BCUT2D eigenvalue weighted by Crippen LogP contribution is -2.39. The largest absolute Gasteiger partial charge is 0.379 e. The van der Waals surface area contributed by atoms with Crippen LogP contribution < -0.4 is 5.32 Å². The van der Waals surface area contributed by atoms with Crippen LogP contribution in [0.2, 0.25) is 0 Å². The molecule has 0 radical (unpaired) electrons. The van der Waals surface area contributed by atoms with Crippen LogP contribution in [0.25, 0.3) is 0 Å². The van der Waals surface area contributed by atoms with Crippen LogP contribution in [0.5, 0.6) is 0 Å². The third kappa shape index (κ3) is 5.46. The highest BCUT2D eigenvalue weighted by Gasteiger charge is 2.20. The molecule has 0 spiro atoms. The molecule has 1 N–H and O–H groups in total. The smallest absolute Gasteiger partial charge is 0.243 e. The van der Waals surface area contributed by atoms with E-state index in [2.05, 4.69) is 24.1 Å². The summed E-state index contributed by atoms with van der Waals surface area (Å²) in [5, 5.41) is 3.10. The van der Waals surface area contributed by atoms with Gasteiger partial charge in [0.05, 0.1) is 13.2 Å². The van der Waals surface area contributed by atoms with Crippen molar-refractivity contribution < 1.29 is 9.53 Å². The fourth-order valence-corrected chi connectivity index (χ4v) is 2.82. The van der Waals surface area contributed by atoms with Gasteiger partial charge in [0.1, 0.15) is 6.04 Å². The summed E-state index contributed by atoms with van der Waals surface area (Å²) in [6.07, 6.45) is 5.80. The molecule has 1 saturated heterocycles. The lowest BCUT2D eigenvalue weighted by atomic mass is 10.0. The second-order valence-corrected chi connectivity index (χ2v) is 6.37. The second kappa shape index (κ2) is 8.96. The van der Waals surface area contributed by atoms with Gasteiger partial charge >= 0.3 is 0 Å². The Morgan fingerprint density at radius 1 is 1.23 bits per heavy atom. The van der Waals surface area contributed by atoms with Gasteiger partial charge in [0.15, 0.2) is 0 Å². The van der Waals surface area contributed by atoms with Crippen molar-refractivity contribution >= 4 is 5.91 Å². The lowest BCUT2D eigenvalue weighted by Gasteiger charge is -2.26. The van der Waals surface area contributed by atoms with Crippen molar-refractivity contribution in [1.82, 2.24) is 14.8 Å². The molecule has 2 rings (SSSR count). The van der Waals surface area contributed by atoms with Gasteiger partial charge in [0.2, 0.25) is 5.91 Å². The summed E-state index contributed by atoms with van der Waals surface area (Å²) >= 11 is 0. The molecule has 1 amide bonds. The fraction of sp³-hybridized carbons (Fsp3) is 0.706. The molecule has 0 aliphatic carbocycles. The zero-order valence-electron chi connectivity index (χ0n) is 13.8. The molecular weight excluding hydrogens is 278 g/mol. The molecule has 1 fully saturated rings. The van der Waals surface area contributed by atoms with Crippen LogP contribution in [0.1, 0.15) is 32.7 Å². The molecule has 1 aliphatic rings. The number of carbonyl (C=O) groups is 1. The average Bonchev–Trinajstić information content (AvgIpc) is 3.04. The van der Waals surface area contributed by atoms with E-state index in [4.69, 9.17) is 4.74 Å². The Kier molecular flexibility index (Phi) is 6.93. The molecule has 5 nitrogen and oxygen atoms in total. The van der Waals surface area contributed by atoms with Crippen molar-refractivity contribution in [3.63, 3.8) is 0 Å². The van der Waals surface area contributed by atoms with Crippen molar-refractivity contribution in [1.29, 1.82) is 0 Å². The first-order valence-electron chi connectivity index (χ1n) is 8.37. The van der Waals surface area contributed by atoms with Gasteiger partial charge in [-0.15, -0.1) is 0 Å². The number of hydrogen-bond acceptors (Lipinski definition) is 3. The van der Waals surface area contributed by atoms with E-state index in [0.717, 1.165) is 52.2 Å². The number of carbonyl (C=O) groups excluding carboxylic acids is 1. The molecule has 1 atom stereocenters. The summed E-state index contributed by atoms with van der Waals surface area (Å²) in [7, 11) is 0. The zero-order valence-corrected chi connectivity index (χ0v) is 13.8. The van der Waals surface area contributed by atoms with Crippen LogP contribution in [0, 0.1) is 5.92 Å². The Bertz CT molecular complexity index is 425. The van der Waals surface area contributed by atoms with Crippen molar-refractivity contribution in [3.8, 4) is 0 Å². The normalized spacial score (nSPS) is 17.6. The van der Waals surface area contributed by atoms with Crippen LogP contribution in [0.4, 0.5) is 0 Å². The molecule has 0 saturated carbocycles. The van der Waals surface area contributed by atoms with E-state index in [1.54, 1.807) is 0 Å². The summed E-state index contributed by atoms with van der Waals surface area (Å²) in [4.78, 5) is 14.9. The minimum atomic E-state index is -0.0987. The van der Waals surface area contributed by atoms with Crippen LogP contribution in [0.15, 0.2) is 24.5 Å². The molecule has 124 valence electrons. The highest BCUT2D eigenvalue weighted by molar-refractivity contribution is 5.80. The Hall–Kier alpha value is -1.33. The average molecular weight is 307 g/mol. The molecule has 22 heavy (non-hydrogen) atoms. The molecule has 1 aromatic heterocycles. The minimum absolute atomic E-state index is 0.0987. The Balaban J connectivity index is 1.73. The molecule has 0 unspecified atom stereocenters. The maximum absolute atomic E-state index is 12.5. The molecule has 0 aromatic carbocycles. The summed E-state index contributed by atoms with van der Waals surface area (Å²) in [6.45, 7) is 9.76. The van der Waals surface area contributed by atoms with Gasteiger partial charge < -0.3 is 14.6 Å². The Labute approximate surface area is 133 Å². The molecule has 1 aliphatic heterocycles. The molecule has 0 bridgehead atoms. The van der Waals surface area contributed by atoms with Crippen molar-refractivity contribution in [2.45, 2.75) is 32.7 Å². The number of nitrogens with zero attached hydrogens (tertiary/aromatic N) is 2. The maximum Gasteiger partial charge on any atom is 0.243 e. The predicted molar refractivity (Wildman–Crippen MR) is 87.8 cm³/mol. The highest BCUT2D eigenvalue weighted by atomic mass is 16.5. The molecule has 2 heterocycles. The topological polar surface area (TPSA) is 46.5 Å². The minimum Gasteiger partial charge on any atom is -0.379 e. The van der Waals surface area contributed by atoms with E-state index < -0.39 is 0 Å². The van der Waals surface area contributed by atoms with Crippen LogP contribution in [0.3, 0.4) is 0 Å². The fourth-order valence-electron chi connectivity index (χ4n) is 2.82. The van der Waals surface area contributed by atoms with E-state index in [9.17, 15) is 4.79 Å². The molecular formula is C17H29N3O2. The first kappa shape index (κ1) is 17.0.